The Balaban J connectivity index is -0.000000284. The summed E-state index contributed by atoms with van der Waals surface area (Å²) >= 11 is 0. The van der Waals surface area contributed by atoms with Crippen LogP contribution in [-0.2, 0) is 23.5 Å². The van der Waals surface area contributed by atoms with E-state index in [-0.39, 0.29) is 11.9 Å². The van der Waals surface area contributed by atoms with Crippen LogP contribution in [0.2, 0.25) is 0 Å². The molecule has 0 aromatic rings. The molecule has 0 bridgehead atoms. The van der Waals surface area contributed by atoms with Crippen molar-refractivity contribution in [2.24, 2.45) is 0 Å². The first-order valence-corrected chi connectivity index (χ1v) is 8.74. The molecule has 0 atom stereocenters. The number of esters is 2. The summed E-state index contributed by atoms with van der Waals surface area (Å²) in [5, 5.41) is 0. The minimum atomic E-state index is -0.295. The topological polar surface area (TPSA) is 61.8 Å². The average Bonchev–Trinajstić information content (AvgIpc) is 2.53. The molecule has 5 nitrogen and oxygen atoms in total. The van der Waals surface area contributed by atoms with Crippen LogP contribution < -0.4 is 0 Å². The van der Waals surface area contributed by atoms with E-state index >= 15 is 0 Å². The molecule has 0 amide bonds. The van der Waals surface area contributed by atoms with Crippen molar-refractivity contribution < 1.29 is 23.5 Å². The van der Waals surface area contributed by atoms with Crippen molar-refractivity contribution in [3.8, 4) is 0 Å². The molecule has 0 saturated heterocycles. The Morgan fingerprint density at radius 3 is 1.52 bits per heavy atom. The molecule has 6 heteroatoms. The third kappa shape index (κ3) is 25.9. The van der Waals surface area contributed by atoms with Gasteiger partial charge < -0.3 is 13.9 Å². The first-order chi connectivity index (χ1) is 10.8. The Labute approximate surface area is 144 Å². The van der Waals surface area contributed by atoms with Gasteiger partial charge in [0.2, 0.25) is 0 Å². The van der Waals surface area contributed by atoms with Crippen molar-refractivity contribution in [1.29, 1.82) is 0 Å². The van der Waals surface area contributed by atoms with E-state index in [9.17, 15) is 9.59 Å². The molecule has 0 saturated carbocycles. The van der Waals surface area contributed by atoms with Crippen LogP contribution in [0.15, 0.2) is 24.3 Å². The molecule has 0 aromatic carbocycles. The highest BCUT2D eigenvalue weighted by Crippen LogP contribution is 1.94. The first kappa shape index (κ1) is 26.5. The lowest BCUT2D eigenvalue weighted by Crippen LogP contribution is -2.05. The van der Waals surface area contributed by atoms with Gasteiger partial charge in [-0.3, -0.25) is 0 Å². The van der Waals surface area contributed by atoms with Crippen molar-refractivity contribution in [2.45, 2.75) is 53.9 Å². The van der Waals surface area contributed by atoms with Gasteiger partial charge in [-0.15, -0.1) is 0 Å². The lowest BCUT2D eigenvalue weighted by Gasteiger charge is -2.01. The predicted molar refractivity (Wildman–Crippen MR) is 98.3 cm³/mol. The number of ether oxygens (including phenoxy) is 2. The van der Waals surface area contributed by atoms with Gasteiger partial charge >= 0.3 is 11.9 Å². The molecular formula is C17H34O5Si. The van der Waals surface area contributed by atoms with Gasteiger partial charge in [-0.2, -0.15) is 0 Å². The van der Waals surface area contributed by atoms with Gasteiger partial charge in [-0.25, -0.2) is 9.59 Å². The third-order valence-electron chi connectivity index (χ3n) is 2.15. The summed E-state index contributed by atoms with van der Waals surface area (Å²) < 4.78 is 14.2. The van der Waals surface area contributed by atoms with Crippen molar-refractivity contribution in [1.82, 2.24) is 0 Å². The number of hydrogen-bond acceptors (Lipinski definition) is 5. The number of rotatable bonds is 8. The molecule has 0 aliphatic carbocycles. The molecule has 0 aliphatic rings. The Kier molecular flexibility index (Phi) is 23.7. The summed E-state index contributed by atoms with van der Waals surface area (Å²) in [6, 6.07) is 0. The zero-order chi connectivity index (χ0) is 18.7. The summed E-state index contributed by atoms with van der Waals surface area (Å²) in [6.07, 6.45) is 2.83. The Hall–Kier alpha value is -1.40. The van der Waals surface area contributed by atoms with Crippen LogP contribution in [0, 0.1) is 0 Å². The van der Waals surface area contributed by atoms with E-state index in [1.807, 2.05) is 13.8 Å². The summed E-state index contributed by atoms with van der Waals surface area (Å²) in [4.78, 5) is 21.3. The average molecular weight is 347 g/mol. The van der Waals surface area contributed by atoms with Crippen LogP contribution in [0.1, 0.15) is 53.9 Å². The van der Waals surface area contributed by atoms with Crippen LogP contribution >= 0.6 is 0 Å². The lowest BCUT2D eigenvalue weighted by molar-refractivity contribution is -0.139. The maximum absolute atomic E-state index is 10.7. The van der Waals surface area contributed by atoms with Gasteiger partial charge in [0.25, 0.3) is 0 Å². The minimum absolute atomic E-state index is 0.284. The molecule has 0 N–H and O–H groups in total. The SMILES string of the molecule is C=C(C)C(=O)OCCC.C=C(C)C(=O)OCCCC.CCO[SiH3]. The van der Waals surface area contributed by atoms with Crippen LogP contribution in [0.4, 0.5) is 0 Å². The van der Waals surface area contributed by atoms with Gasteiger partial charge in [0.05, 0.1) is 13.2 Å². The maximum Gasteiger partial charge on any atom is 0.333 e. The minimum Gasteiger partial charge on any atom is -0.462 e. The van der Waals surface area contributed by atoms with E-state index in [0.717, 1.165) is 36.4 Å². The molecule has 0 fully saturated rings. The van der Waals surface area contributed by atoms with Crippen molar-refractivity contribution in [2.75, 3.05) is 19.8 Å². The van der Waals surface area contributed by atoms with Crippen molar-refractivity contribution in [3.63, 3.8) is 0 Å². The Bertz CT molecular complexity index is 338. The fourth-order valence-corrected chi connectivity index (χ4v) is 0.750. The highest BCUT2D eigenvalue weighted by atomic mass is 28.2. The molecular weight excluding hydrogens is 312 g/mol. The van der Waals surface area contributed by atoms with E-state index in [1.54, 1.807) is 13.8 Å². The number of hydrogen-bond donors (Lipinski definition) is 0. The van der Waals surface area contributed by atoms with E-state index in [4.69, 9.17) is 9.47 Å². The molecule has 0 spiro atoms. The van der Waals surface area contributed by atoms with Crippen LogP contribution in [0.5, 0.6) is 0 Å². The van der Waals surface area contributed by atoms with Gasteiger partial charge in [-0.1, -0.05) is 33.4 Å². The summed E-state index contributed by atoms with van der Waals surface area (Å²) in [6.45, 7) is 18.1. The monoisotopic (exact) mass is 346 g/mol. The second kappa shape index (κ2) is 20.6. The Morgan fingerprint density at radius 1 is 0.870 bits per heavy atom. The molecule has 0 aromatic heterocycles. The summed E-state index contributed by atoms with van der Waals surface area (Å²) in [7, 11) is 0.890. The zero-order valence-electron chi connectivity index (χ0n) is 15.7. The molecule has 0 rings (SSSR count). The first-order valence-electron chi connectivity index (χ1n) is 7.92. The van der Waals surface area contributed by atoms with Gasteiger partial charge in [0.15, 0.2) is 0 Å². The largest absolute Gasteiger partial charge is 0.462 e. The predicted octanol–water partition coefficient (Wildman–Crippen LogP) is 2.72. The fourth-order valence-electron chi connectivity index (χ4n) is 0.750. The normalized spacial score (nSPS) is 8.74. The van der Waals surface area contributed by atoms with E-state index < -0.39 is 0 Å². The van der Waals surface area contributed by atoms with Gasteiger partial charge in [-0.05, 0) is 33.6 Å². The molecule has 0 aliphatic heterocycles. The Morgan fingerprint density at radius 2 is 1.26 bits per heavy atom. The molecule has 23 heavy (non-hydrogen) atoms. The number of unbranched alkanes of at least 4 members (excludes halogenated alkanes) is 1. The maximum atomic E-state index is 10.7. The van der Waals surface area contributed by atoms with Crippen molar-refractivity contribution >= 4 is 22.4 Å². The fraction of sp³-hybridized carbons (Fsp3) is 0.647. The lowest BCUT2D eigenvalue weighted by atomic mass is 10.3. The number of carbonyl (C=O) groups is 2. The van der Waals surface area contributed by atoms with Gasteiger partial charge in [0.1, 0.15) is 10.5 Å². The van der Waals surface area contributed by atoms with Crippen LogP contribution in [0.25, 0.3) is 0 Å². The van der Waals surface area contributed by atoms with Crippen LogP contribution in [-0.4, -0.2) is 42.2 Å². The quantitative estimate of drug-likeness (QED) is 0.293. The van der Waals surface area contributed by atoms with Crippen LogP contribution in [0.3, 0.4) is 0 Å². The van der Waals surface area contributed by atoms with E-state index in [1.165, 1.54) is 0 Å². The van der Waals surface area contributed by atoms with E-state index in [2.05, 4.69) is 24.5 Å². The zero-order valence-corrected chi connectivity index (χ0v) is 17.7. The molecule has 0 heterocycles. The summed E-state index contributed by atoms with van der Waals surface area (Å²) in [5.41, 5.74) is 0.930. The van der Waals surface area contributed by atoms with Gasteiger partial charge in [0, 0.05) is 17.8 Å². The molecule has 0 radical (unpaired) electrons. The second-order valence-corrected chi connectivity index (χ2v) is 5.34. The van der Waals surface area contributed by atoms with E-state index in [0.29, 0.717) is 24.4 Å². The molecule has 0 unspecified atom stereocenters. The third-order valence-corrected chi connectivity index (χ3v) is 2.73. The smallest absolute Gasteiger partial charge is 0.333 e. The standard InChI is InChI=1S/C8H14O2.C7H12O2.C2H8OSi/c1-4-5-6-10-8(9)7(2)3;1-4-5-9-7(8)6(2)3;1-2-3-4/h2,4-6H2,1,3H3;2,4-5H2,1,3H3;2H2,1,4H3. The second-order valence-electron chi connectivity index (χ2n) is 4.76. The molecule has 136 valence electrons. The summed E-state index contributed by atoms with van der Waals surface area (Å²) in [5.74, 6) is -0.578. The highest BCUT2D eigenvalue weighted by molar-refractivity contribution is 5.97. The van der Waals surface area contributed by atoms with Crippen molar-refractivity contribution in [3.05, 3.63) is 24.3 Å². The highest BCUT2D eigenvalue weighted by Gasteiger charge is 2.00. The number of carbonyl (C=O) groups excluding carboxylic acids is 2.